The molecular weight excluding hydrogens is 253 g/mol. The van der Waals surface area contributed by atoms with E-state index >= 15 is 0 Å². The summed E-state index contributed by atoms with van der Waals surface area (Å²) in [5, 5.41) is 0. The van der Waals surface area contributed by atoms with Gasteiger partial charge in [-0.15, -0.1) is 0 Å². The molecule has 2 saturated carbocycles. The molecule has 0 spiro atoms. The predicted molar refractivity (Wildman–Crippen MR) is 75.9 cm³/mol. The van der Waals surface area contributed by atoms with Crippen LogP contribution in [0.1, 0.15) is 68.4 Å². The summed E-state index contributed by atoms with van der Waals surface area (Å²) in [5.74, 6) is 0.242. The third-order valence-electron chi connectivity index (χ3n) is 5.02. The minimum atomic E-state index is -0.492. The Morgan fingerprint density at radius 1 is 1.15 bits per heavy atom. The van der Waals surface area contributed by atoms with Crippen molar-refractivity contribution in [3.8, 4) is 0 Å². The fourth-order valence-electron chi connectivity index (χ4n) is 3.63. The average Bonchev–Trinajstić information content (AvgIpc) is 2.44. The standard InChI is InChI=1S/C17H20FNO/c18-16-11-14(17(19-12-20)9-4-10-17)7-8-15(16)13-5-2-1-3-6-13/h7-8,11,13H,1-6,9-10H2. The molecule has 2 fully saturated rings. The Bertz CT molecular complexity index is 538. The Balaban J connectivity index is 1.89. The average molecular weight is 273 g/mol. The molecule has 20 heavy (non-hydrogen) atoms. The molecule has 0 saturated heterocycles. The molecule has 0 heterocycles. The van der Waals surface area contributed by atoms with Crippen LogP contribution in [0.4, 0.5) is 4.39 Å². The maximum atomic E-state index is 14.4. The van der Waals surface area contributed by atoms with Gasteiger partial charge in [0.25, 0.3) is 0 Å². The van der Waals surface area contributed by atoms with Gasteiger partial charge >= 0.3 is 0 Å². The van der Waals surface area contributed by atoms with Gasteiger partial charge in [-0.2, -0.15) is 4.99 Å². The molecule has 3 rings (SSSR count). The zero-order chi connectivity index (χ0) is 14.0. The van der Waals surface area contributed by atoms with Crippen molar-refractivity contribution in [1.29, 1.82) is 0 Å². The van der Waals surface area contributed by atoms with Crippen molar-refractivity contribution in [1.82, 2.24) is 0 Å². The Kier molecular flexibility index (Phi) is 3.71. The van der Waals surface area contributed by atoms with E-state index in [4.69, 9.17) is 0 Å². The van der Waals surface area contributed by atoms with Gasteiger partial charge in [-0.1, -0.05) is 31.4 Å². The van der Waals surface area contributed by atoms with Crippen LogP contribution in [0.3, 0.4) is 0 Å². The third-order valence-corrected chi connectivity index (χ3v) is 5.02. The lowest BCUT2D eigenvalue weighted by atomic mass is 9.72. The summed E-state index contributed by atoms with van der Waals surface area (Å²) in [6, 6.07) is 5.48. The maximum Gasteiger partial charge on any atom is 0.235 e. The molecule has 1 aromatic rings. The molecule has 0 N–H and O–H groups in total. The van der Waals surface area contributed by atoms with E-state index in [1.165, 1.54) is 19.3 Å². The number of halogens is 1. The molecule has 0 unspecified atom stereocenters. The first kappa shape index (κ1) is 13.5. The largest absolute Gasteiger partial charge is 0.235 e. The summed E-state index contributed by atoms with van der Waals surface area (Å²) in [4.78, 5) is 14.5. The molecule has 0 bridgehead atoms. The van der Waals surface area contributed by atoms with Crippen molar-refractivity contribution in [2.45, 2.75) is 62.8 Å². The van der Waals surface area contributed by atoms with Gasteiger partial charge in [0.1, 0.15) is 5.82 Å². The topological polar surface area (TPSA) is 29.4 Å². The summed E-state index contributed by atoms with van der Waals surface area (Å²) in [6.07, 6.45) is 10.2. The molecule has 0 aromatic heterocycles. The molecule has 2 aliphatic rings. The first-order chi connectivity index (χ1) is 9.75. The predicted octanol–water partition coefficient (Wildman–Crippen LogP) is 4.59. The minimum absolute atomic E-state index is 0.123. The van der Waals surface area contributed by atoms with Crippen LogP contribution in [0.15, 0.2) is 23.2 Å². The summed E-state index contributed by atoms with van der Waals surface area (Å²) in [7, 11) is 0. The Morgan fingerprint density at radius 3 is 2.45 bits per heavy atom. The SMILES string of the molecule is O=C=NC1(c2ccc(C3CCCCC3)c(F)c2)CCC1. The molecule has 2 nitrogen and oxygen atoms in total. The molecular formula is C17H20FNO. The molecule has 106 valence electrons. The van der Waals surface area contributed by atoms with E-state index in [1.54, 1.807) is 12.1 Å². The van der Waals surface area contributed by atoms with E-state index in [9.17, 15) is 9.18 Å². The second-order valence-electron chi connectivity index (χ2n) is 6.16. The van der Waals surface area contributed by atoms with Gasteiger partial charge in [-0.3, -0.25) is 0 Å². The van der Waals surface area contributed by atoms with Crippen LogP contribution in [0.2, 0.25) is 0 Å². The van der Waals surface area contributed by atoms with E-state index in [-0.39, 0.29) is 5.82 Å². The Morgan fingerprint density at radius 2 is 1.90 bits per heavy atom. The third kappa shape index (κ3) is 2.31. The summed E-state index contributed by atoms with van der Waals surface area (Å²) in [6.45, 7) is 0. The van der Waals surface area contributed by atoms with Gasteiger partial charge in [0.05, 0.1) is 5.54 Å². The number of hydrogen-bond donors (Lipinski definition) is 0. The van der Waals surface area contributed by atoms with Gasteiger partial charge in [-0.25, -0.2) is 9.18 Å². The summed E-state index contributed by atoms with van der Waals surface area (Å²) < 4.78 is 14.4. The van der Waals surface area contributed by atoms with Crippen LogP contribution in [0.5, 0.6) is 0 Å². The number of benzene rings is 1. The van der Waals surface area contributed by atoms with Crippen molar-refractivity contribution in [3.05, 3.63) is 35.1 Å². The minimum Gasteiger partial charge on any atom is -0.211 e. The fourth-order valence-corrected chi connectivity index (χ4v) is 3.63. The monoisotopic (exact) mass is 273 g/mol. The lowest BCUT2D eigenvalue weighted by Gasteiger charge is -2.37. The van der Waals surface area contributed by atoms with Crippen LogP contribution < -0.4 is 0 Å². The van der Waals surface area contributed by atoms with E-state index in [0.717, 1.165) is 43.2 Å². The molecule has 3 heteroatoms. The highest BCUT2D eigenvalue weighted by Crippen LogP contribution is 2.45. The zero-order valence-corrected chi connectivity index (χ0v) is 11.7. The van der Waals surface area contributed by atoms with Crippen LogP contribution in [0.25, 0.3) is 0 Å². The normalized spacial score (nSPS) is 21.9. The number of carbonyl (C=O) groups excluding carboxylic acids is 1. The summed E-state index contributed by atoms with van der Waals surface area (Å²) >= 11 is 0. The molecule has 0 radical (unpaired) electrons. The second kappa shape index (κ2) is 5.49. The molecule has 2 aliphatic carbocycles. The quantitative estimate of drug-likeness (QED) is 0.585. The van der Waals surface area contributed by atoms with Gasteiger partial charge in [0, 0.05) is 0 Å². The Labute approximate surface area is 119 Å². The smallest absolute Gasteiger partial charge is 0.211 e. The van der Waals surface area contributed by atoms with Gasteiger partial charge in [-0.05, 0) is 55.2 Å². The van der Waals surface area contributed by atoms with E-state index in [2.05, 4.69) is 4.99 Å². The number of aliphatic imine (C=N–C) groups is 1. The van der Waals surface area contributed by atoms with E-state index < -0.39 is 5.54 Å². The lowest BCUT2D eigenvalue weighted by molar-refractivity contribution is 0.255. The van der Waals surface area contributed by atoms with Gasteiger partial charge in [0.2, 0.25) is 6.08 Å². The van der Waals surface area contributed by atoms with Crippen molar-refractivity contribution in [2.75, 3.05) is 0 Å². The number of rotatable bonds is 3. The molecule has 0 amide bonds. The highest BCUT2D eigenvalue weighted by Gasteiger charge is 2.39. The maximum absolute atomic E-state index is 14.4. The van der Waals surface area contributed by atoms with Crippen LogP contribution in [0, 0.1) is 5.82 Å². The first-order valence-corrected chi connectivity index (χ1v) is 7.64. The molecule has 1 aromatic carbocycles. The zero-order valence-electron chi connectivity index (χ0n) is 11.7. The van der Waals surface area contributed by atoms with Crippen LogP contribution >= 0.6 is 0 Å². The van der Waals surface area contributed by atoms with Crippen LogP contribution in [-0.2, 0) is 10.3 Å². The van der Waals surface area contributed by atoms with Crippen molar-refractivity contribution < 1.29 is 9.18 Å². The second-order valence-corrected chi connectivity index (χ2v) is 6.16. The molecule has 0 atom stereocenters. The van der Waals surface area contributed by atoms with Gasteiger partial charge in [0.15, 0.2) is 0 Å². The van der Waals surface area contributed by atoms with Crippen molar-refractivity contribution >= 4 is 6.08 Å². The van der Waals surface area contributed by atoms with Crippen LogP contribution in [-0.4, -0.2) is 6.08 Å². The summed E-state index contributed by atoms with van der Waals surface area (Å²) in [5.41, 5.74) is 1.19. The number of nitrogens with zero attached hydrogens (tertiary/aromatic N) is 1. The van der Waals surface area contributed by atoms with Crippen molar-refractivity contribution in [2.24, 2.45) is 4.99 Å². The number of hydrogen-bond acceptors (Lipinski definition) is 2. The van der Waals surface area contributed by atoms with Gasteiger partial charge < -0.3 is 0 Å². The lowest BCUT2D eigenvalue weighted by Crippen LogP contribution is -2.32. The first-order valence-electron chi connectivity index (χ1n) is 7.64. The highest BCUT2D eigenvalue weighted by molar-refractivity contribution is 5.40. The highest BCUT2D eigenvalue weighted by atomic mass is 19.1. The number of isocyanates is 1. The van der Waals surface area contributed by atoms with E-state index in [1.807, 2.05) is 12.1 Å². The van der Waals surface area contributed by atoms with E-state index in [0.29, 0.717) is 5.92 Å². The Hall–Kier alpha value is -1.47. The van der Waals surface area contributed by atoms with Crippen molar-refractivity contribution in [3.63, 3.8) is 0 Å². The molecule has 0 aliphatic heterocycles. The fraction of sp³-hybridized carbons (Fsp3) is 0.588.